The number of hydrogen-bond donors (Lipinski definition) is 1. The number of halogens is 2. The lowest BCUT2D eigenvalue weighted by molar-refractivity contribution is 0.308. The Morgan fingerprint density at radius 1 is 1.25 bits per heavy atom. The van der Waals surface area contributed by atoms with Crippen LogP contribution in [0.1, 0.15) is 6.92 Å². The molecular weight excluding hydrogens is 319 g/mol. The number of rotatable bonds is 5. The fourth-order valence-corrected chi connectivity index (χ4v) is 2.62. The molecule has 20 heavy (non-hydrogen) atoms. The van der Waals surface area contributed by atoms with E-state index < -0.39 is 0 Å². The largest absolute Gasteiger partial charge is 0.464 e. The molecule has 0 bridgehead atoms. The second-order valence-corrected chi connectivity index (χ2v) is 5.44. The van der Waals surface area contributed by atoms with Gasteiger partial charge in [-0.25, -0.2) is 0 Å². The zero-order chi connectivity index (χ0) is 14.5. The molecule has 2 aromatic rings. The maximum Gasteiger partial charge on any atom is 0.322 e. The molecular formula is C12H12Cl2N4OS. The van der Waals surface area contributed by atoms with Crippen LogP contribution in [0.5, 0.6) is 6.01 Å². The normalized spacial score (nSPS) is 10.4. The van der Waals surface area contributed by atoms with Crippen LogP contribution in [0.4, 0.5) is 5.95 Å². The predicted octanol–water partition coefficient (Wildman–Crippen LogP) is 3.77. The van der Waals surface area contributed by atoms with E-state index >= 15 is 0 Å². The molecule has 0 unspecified atom stereocenters. The molecule has 1 aromatic carbocycles. The van der Waals surface area contributed by atoms with Crippen LogP contribution in [-0.4, -0.2) is 28.6 Å². The van der Waals surface area contributed by atoms with Gasteiger partial charge >= 0.3 is 6.01 Å². The van der Waals surface area contributed by atoms with Gasteiger partial charge in [-0.3, -0.25) is 0 Å². The maximum atomic E-state index is 6.12. The summed E-state index contributed by atoms with van der Waals surface area (Å²) in [5.74, 6) is 0.434. The molecule has 106 valence electrons. The topological polar surface area (TPSA) is 59.9 Å². The summed E-state index contributed by atoms with van der Waals surface area (Å²) in [4.78, 5) is 13.3. The van der Waals surface area contributed by atoms with E-state index in [4.69, 9.17) is 27.9 Å². The lowest BCUT2D eigenvalue weighted by Gasteiger charge is -2.07. The fourth-order valence-electron chi connectivity index (χ4n) is 1.34. The third-order valence-corrected chi connectivity index (χ3v) is 3.79. The fraction of sp³-hybridized carbons (Fsp3) is 0.250. The molecule has 0 radical (unpaired) electrons. The average Bonchev–Trinajstić information content (AvgIpc) is 2.43. The van der Waals surface area contributed by atoms with Gasteiger partial charge < -0.3 is 10.1 Å². The summed E-state index contributed by atoms with van der Waals surface area (Å²) < 4.78 is 5.31. The molecule has 0 saturated heterocycles. The first-order valence-electron chi connectivity index (χ1n) is 5.82. The first-order valence-corrected chi connectivity index (χ1v) is 7.39. The summed E-state index contributed by atoms with van der Waals surface area (Å²) in [6, 6.07) is 5.49. The summed E-state index contributed by atoms with van der Waals surface area (Å²) in [5, 5.41) is 4.54. The molecule has 0 aliphatic rings. The minimum Gasteiger partial charge on any atom is -0.464 e. The van der Waals surface area contributed by atoms with Crippen molar-refractivity contribution in [1.82, 2.24) is 15.0 Å². The summed E-state index contributed by atoms with van der Waals surface area (Å²) in [6.45, 7) is 2.35. The average molecular weight is 331 g/mol. The van der Waals surface area contributed by atoms with E-state index in [0.717, 1.165) is 4.90 Å². The molecule has 0 aliphatic heterocycles. The number of aromatic nitrogens is 3. The van der Waals surface area contributed by atoms with Crippen molar-refractivity contribution < 1.29 is 4.74 Å². The van der Waals surface area contributed by atoms with Crippen LogP contribution in [-0.2, 0) is 0 Å². The monoisotopic (exact) mass is 330 g/mol. The van der Waals surface area contributed by atoms with E-state index in [9.17, 15) is 0 Å². The quantitative estimate of drug-likeness (QED) is 0.900. The second-order valence-electron chi connectivity index (χ2n) is 3.58. The standard InChI is InChI=1S/C12H12Cl2N4OS/c1-3-19-11-16-10(15-2)17-12(18-11)20-9-6-7(13)4-5-8(9)14/h4-6H,3H2,1-2H3,(H,15,16,17,18). The van der Waals surface area contributed by atoms with Gasteiger partial charge in [0.2, 0.25) is 11.1 Å². The van der Waals surface area contributed by atoms with E-state index in [0.29, 0.717) is 27.8 Å². The Kier molecular flexibility index (Phi) is 5.28. The van der Waals surface area contributed by atoms with Crippen LogP contribution in [0, 0.1) is 0 Å². The molecule has 1 aromatic heterocycles. The van der Waals surface area contributed by atoms with Crippen molar-refractivity contribution in [2.24, 2.45) is 0 Å². The summed E-state index contributed by atoms with van der Waals surface area (Å²) in [6.07, 6.45) is 0. The number of ether oxygens (including phenoxy) is 1. The van der Waals surface area contributed by atoms with E-state index in [1.807, 2.05) is 6.92 Å². The molecule has 0 atom stereocenters. The molecule has 1 heterocycles. The first-order chi connectivity index (χ1) is 9.62. The maximum absolute atomic E-state index is 6.12. The van der Waals surface area contributed by atoms with Crippen molar-refractivity contribution in [1.29, 1.82) is 0 Å². The number of nitrogens with zero attached hydrogens (tertiary/aromatic N) is 3. The Morgan fingerprint density at radius 3 is 2.75 bits per heavy atom. The predicted molar refractivity (Wildman–Crippen MR) is 81.1 cm³/mol. The molecule has 5 nitrogen and oxygen atoms in total. The van der Waals surface area contributed by atoms with Gasteiger partial charge in [-0.15, -0.1) is 0 Å². The van der Waals surface area contributed by atoms with Gasteiger partial charge in [0, 0.05) is 17.0 Å². The Balaban J connectivity index is 2.32. The highest BCUT2D eigenvalue weighted by atomic mass is 35.5. The van der Waals surface area contributed by atoms with Gasteiger partial charge in [-0.2, -0.15) is 15.0 Å². The molecule has 0 saturated carbocycles. The van der Waals surface area contributed by atoms with Gasteiger partial charge in [-0.05, 0) is 36.9 Å². The van der Waals surface area contributed by atoms with E-state index in [2.05, 4.69) is 20.3 Å². The molecule has 8 heteroatoms. The minimum absolute atomic E-state index is 0.271. The lowest BCUT2D eigenvalue weighted by Crippen LogP contribution is -2.04. The highest BCUT2D eigenvalue weighted by molar-refractivity contribution is 7.99. The van der Waals surface area contributed by atoms with Crippen molar-refractivity contribution in [2.75, 3.05) is 19.0 Å². The zero-order valence-corrected chi connectivity index (χ0v) is 13.2. The van der Waals surface area contributed by atoms with Crippen LogP contribution >= 0.6 is 35.0 Å². The molecule has 0 fully saturated rings. The highest BCUT2D eigenvalue weighted by Crippen LogP contribution is 2.34. The number of anilines is 1. The van der Waals surface area contributed by atoms with Crippen molar-refractivity contribution in [3.8, 4) is 6.01 Å². The molecule has 2 rings (SSSR count). The van der Waals surface area contributed by atoms with Crippen LogP contribution in [0.15, 0.2) is 28.3 Å². The zero-order valence-electron chi connectivity index (χ0n) is 10.9. The molecule has 0 aliphatic carbocycles. The van der Waals surface area contributed by atoms with Gasteiger partial charge in [0.15, 0.2) is 0 Å². The van der Waals surface area contributed by atoms with Crippen molar-refractivity contribution in [3.05, 3.63) is 28.2 Å². The van der Waals surface area contributed by atoms with Crippen molar-refractivity contribution >= 4 is 40.9 Å². The Morgan fingerprint density at radius 2 is 2.05 bits per heavy atom. The number of hydrogen-bond acceptors (Lipinski definition) is 6. The number of benzene rings is 1. The lowest BCUT2D eigenvalue weighted by atomic mass is 10.4. The second kappa shape index (κ2) is 6.97. The first kappa shape index (κ1) is 15.2. The summed E-state index contributed by atoms with van der Waals surface area (Å²) in [5.41, 5.74) is 0. The van der Waals surface area contributed by atoms with Gasteiger partial charge in [0.25, 0.3) is 0 Å². The SMILES string of the molecule is CCOc1nc(NC)nc(Sc2cc(Cl)ccc2Cl)n1. The smallest absolute Gasteiger partial charge is 0.322 e. The number of nitrogens with one attached hydrogen (secondary N) is 1. The van der Waals surface area contributed by atoms with E-state index in [-0.39, 0.29) is 6.01 Å². The minimum atomic E-state index is 0.271. The van der Waals surface area contributed by atoms with Crippen LogP contribution < -0.4 is 10.1 Å². The van der Waals surface area contributed by atoms with E-state index in [1.165, 1.54) is 11.8 Å². The van der Waals surface area contributed by atoms with Crippen LogP contribution in [0.25, 0.3) is 0 Å². The van der Waals surface area contributed by atoms with Gasteiger partial charge in [-0.1, -0.05) is 23.2 Å². The molecule has 0 spiro atoms. The van der Waals surface area contributed by atoms with Crippen molar-refractivity contribution in [3.63, 3.8) is 0 Å². The van der Waals surface area contributed by atoms with Crippen LogP contribution in [0.2, 0.25) is 10.0 Å². The Bertz CT molecular complexity index is 612. The summed E-state index contributed by atoms with van der Waals surface area (Å²) in [7, 11) is 1.73. The van der Waals surface area contributed by atoms with Crippen molar-refractivity contribution in [2.45, 2.75) is 17.0 Å². The van der Waals surface area contributed by atoms with Gasteiger partial charge in [0.05, 0.1) is 11.6 Å². The third kappa shape index (κ3) is 3.88. The van der Waals surface area contributed by atoms with Gasteiger partial charge in [0.1, 0.15) is 0 Å². The third-order valence-electron chi connectivity index (χ3n) is 2.19. The summed E-state index contributed by atoms with van der Waals surface area (Å²) >= 11 is 13.4. The Labute approximate surface area is 131 Å². The molecule has 0 amide bonds. The highest BCUT2D eigenvalue weighted by Gasteiger charge is 2.10. The molecule has 1 N–H and O–H groups in total. The van der Waals surface area contributed by atoms with E-state index in [1.54, 1.807) is 25.2 Å². The van der Waals surface area contributed by atoms with Crippen LogP contribution in [0.3, 0.4) is 0 Å². The Hall–Kier alpha value is -1.24.